The number of carbonyl (C=O) groups excluding carboxylic acids is 1. The summed E-state index contributed by atoms with van der Waals surface area (Å²) in [6, 6.07) is 0.0639. The van der Waals surface area contributed by atoms with E-state index in [0.717, 1.165) is 45.3 Å². The molecule has 1 fully saturated rings. The van der Waals surface area contributed by atoms with E-state index in [0.29, 0.717) is 5.78 Å². The maximum atomic E-state index is 11.6. The van der Waals surface area contributed by atoms with Gasteiger partial charge in [-0.05, 0) is 25.9 Å². The normalized spacial score (nSPS) is 23.9. The van der Waals surface area contributed by atoms with Gasteiger partial charge < -0.3 is 10.6 Å². The molecule has 1 rings (SSSR count). The molecule has 0 aliphatic carbocycles. The van der Waals surface area contributed by atoms with Crippen LogP contribution in [0.2, 0.25) is 0 Å². The first-order valence-electron chi connectivity index (χ1n) is 5.31. The standard InChI is InChI=1S/C10H20N2O/c1-2-3-5-10(13)9-8-11-6-4-7-12-9/h9,11-12H,2-8H2,1H3. The van der Waals surface area contributed by atoms with Gasteiger partial charge in [0.2, 0.25) is 0 Å². The fourth-order valence-corrected chi connectivity index (χ4v) is 1.56. The smallest absolute Gasteiger partial charge is 0.151 e. The zero-order chi connectivity index (χ0) is 9.52. The fraction of sp³-hybridized carbons (Fsp3) is 0.900. The van der Waals surface area contributed by atoms with Crippen molar-refractivity contribution in [2.45, 2.75) is 38.6 Å². The summed E-state index contributed by atoms with van der Waals surface area (Å²) >= 11 is 0. The van der Waals surface area contributed by atoms with E-state index < -0.39 is 0 Å². The van der Waals surface area contributed by atoms with Crippen molar-refractivity contribution in [1.29, 1.82) is 0 Å². The highest BCUT2D eigenvalue weighted by atomic mass is 16.1. The molecule has 0 spiro atoms. The molecule has 3 heteroatoms. The number of Topliss-reactive ketones (excluding diaryl/α,β-unsaturated/α-hetero) is 1. The molecule has 0 amide bonds. The SMILES string of the molecule is CCCCC(=O)C1CNCCCN1. The quantitative estimate of drug-likeness (QED) is 0.675. The first-order valence-corrected chi connectivity index (χ1v) is 5.31. The lowest BCUT2D eigenvalue weighted by Gasteiger charge is -2.13. The Bertz CT molecular complexity index is 151. The van der Waals surface area contributed by atoms with Gasteiger partial charge in [0.15, 0.2) is 5.78 Å². The molecule has 0 radical (unpaired) electrons. The highest BCUT2D eigenvalue weighted by molar-refractivity contribution is 5.84. The monoisotopic (exact) mass is 184 g/mol. The molecule has 3 nitrogen and oxygen atoms in total. The average molecular weight is 184 g/mol. The Morgan fingerprint density at radius 3 is 3.08 bits per heavy atom. The van der Waals surface area contributed by atoms with Crippen molar-refractivity contribution in [3.8, 4) is 0 Å². The van der Waals surface area contributed by atoms with Gasteiger partial charge in [0.1, 0.15) is 0 Å². The molecule has 0 aromatic rings. The van der Waals surface area contributed by atoms with Crippen LogP contribution in [0.25, 0.3) is 0 Å². The maximum Gasteiger partial charge on any atom is 0.151 e. The second-order valence-corrected chi connectivity index (χ2v) is 3.63. The number of carbonyl (C=O) groups is 1. The summed E-state index contributed by atoms with van der Waals surface area (Å²) < 4.78 is 0. The molecule has 0 bridgehead atoms. The van der Waals surface area contributed by atoms with Crippen LogP contribution in [0.3, 0.4) is 0 Å². The van der Waals surface area contributed by atoms with Crippen LogP contribution in [0.4, 0.5) is 0 Å². The van der Waals surface area contributed by atoms with Crippen LogP contribution in [-0.2, 0) is 4.79 Å². The zero-order valence-corrected chi connectivity index (χ0v) is 8.44. The van der Waals surface area contributed by atoms with Crippen LogP contribution < -0.4 is 10.6 Å². The lowest BCUT2D eigenvalue weighted by molar-refractivity contribution is -0.121. The van der Waals surface area contributed by atoms with Crippen molar-refractivity contribution < 1.29 is 4.79 Å². The Morgan fingerprint density at radius 1 is 1.46 bits per heavy atom. The molecule has 76 valence electrons. The van der Waals surface area contributed by atoms with Crippen LogP contribution in [0.15, 0.2) is 0 Å². The lowest BCUT2D eigenvalue weighted by Crippen LogP contribution is -2.41. The highest BCUT2D eigenvalue weighted by Gasteiger charge is 2.17. The Morgan fingerprint density at radius 2 is 2.31 bits per heavy atom. The summed E-state index contributed by atoms with van der Waals surface area (Å²) in [5.41, 5.74) is 0. The van der Waals surface area contributed by atoms with Crippen LogP contribution in [0.1, 0.15) is 32.6 Å². The van der Waals surface area contributed by atoms with Crippen molar-refractivity contribution >= 4 is 5.78 Å². The van der Waals surface area contributed by atoms with E-state index in [1.54, 1.807) is 0 Å². The molecule has 1 unspecified atom stereocenters. The van der Waals surface area contributed by atoms with E-state index in [1.807, 2.05) is 0 Å². The summed E-state index contributed by atoms with van der Waals surface area (Å²) in [7, 11) is 0. The molecule has 1 aliphatic rings. The van der Waals surface area contributed by atoms with Crippen molar-refractivity contribution in [3.63, 3.8) is 0 Å². The predicted molar refractivity (Wildman–Crippen MR) is 53.8 cm³/mol. The third kappa shape index (κ3) is 3.87. The van der Waals surface area contributed by atoms with E-state index >= 15 is 0 Å². The zero-order valence-electron chi connectivity index (χ0n) is 8.44. The van der Waals surface area contributed by atoms with Gasteiger partial charge in [0.05, 0.1) is 6.04 Å². The van der Waals surface area contributed by atoms with Gasteiger partial charge in [0, 0.05) is 13.0 Å². The molecule has 13 heavy (non-hydrogen) atoms. The Labute approximate surface area is 80.3 Å². The Hall–Kier alpha value is -0.410. The van der Waals surface area contributed by atoms with Gasteiger partial charge in [0.25, 0.3) is 0 Å². The molecule has 1 saturated heterocycles. The number of nitrogens with one attached hydrogen (secondary N) is 2. The Balaban J connectivity index is 2.26. The van der Waals surface area contributed by atoms with Crippen LogP contribution in [0, 0.1) is 0 Å². The van der Waals surface area contributed by atoms with E-state index in [9.17, 15) is 4.79 Å². The minimum absolute atomic E-state index is 0.0639. The third-order valence-electron chi connectivity index (χ3n) is 2.43. The third-order valence-corrected chi connectivity index (χ3v) is 2.43. The molecule has 0 aromatic heterocycles. The van der Waals surface area contributed by atoms with Gasteiger partial charge in [-0.15, -0.1) is 0 Å². The van der Waals surface area contributed by atoms with Crippen LogP contribution in [0.5, 0.6) is 0 Å². The van der Waals surface area contributed by atoms with E-state index in [4.69, 9.17) is 0 Å². The summed E-state index contributed by atoms with van der Waals surface area (Å²) in [6.07, 6.45) is 3.98. The molecule has 0 saturated carbocycles. The molecule has 2 N–H and O–H groups in total. The van der Waals surface area contributed by atoms with Crippen LogP contribution in [-0.4, -0.2) is 31.5 Å². The summed E-state index contributed by atoms with van der Waals surface area (Å²) in [6.45, 7) is 4.93. The van der Waals surface area contributed by atoms with Gasteiger partial charge in [-0.25, -0.2) is 0 Å². The molecular formula is C10H20N2O. The predicted octanol–water partition coefficient (Wildman–Crippen LogP) is 0.697. The minimum atomic E-state index is 0.0639. The first kappa shape index (κ1) is 10.7. The summed E-state index contributed by atoms with van der Waals surface area (Å²) in [4.78, 5) is 11.6. The minimum Gasteiger partial charge on any atom is -0.315 e. The summed E-state index contributed by atoms with van der Waals surface area (Å²) in [5, 5.41) is 6.55. The average Bonchev–Trinajstić information content (AvgIpc) is 2.42. The summed E-state index contributed by atoms with van der Waals surface area (Å²) in [5.74, 6) is 0.372. The highest BCUT2D eigenvalue weighted by Crippen LogP contribution is 2.00. The van der Waals surface area contributed by atoms with Crippen LogP contribution >= 0.6 is 0 Å². The Kier molecular flexibility index (Phi) is 5.01. The number of unbranched alkanes of at least 4 members (excludes halogenated alkanes) is 1. The lowest BCUT2D eigenvalue weighted by atomic mass is 10.1. The molecule has 1 heterocycles. The van der Waals surface area contributed by atoms with Crippen molar-refractivity contribution in [3.05, 3.63) is 0 Å². The number of ketones is 1. The van der Waals surface area contributed by atoms with Gasteiger partial charge in [-0.3, -0.25) is 4.79 Å². The van der Waals surface area contributed by atoms with E-state index in [2.05, 4.69) is 17.6 Å². The second-order valence-electron chi connectivity index (χ2n) is 3.63. The number of hydrogen-bond acceptors (Lipinski definition) is 3. The first-order chi connectivity index (χ1) is 6.34. The van der Waals surface area contributed by atoms with E-state index in [1.165, 1.54) is 0 Å². The molecular weight excluding hydrogens is 164 g/mol. The molecule has 0 aromatic carbocycles. The second kappa shape index (κ2) is 6.11. The largest absolute Gasteiger partial charge is 0.315 e. The number of hydrogen-bond donors (Lipinski definition) is 2. The molecule has 1 aliphatic heterocycles. The van der Waals surface area contributed by atoms with Gasteiger partial charge >= 0.3 is 0 Å². The van der Waals surface area contributed by atoms with Crippen molar-refractivity contribution in [2.24, 2.45) is 0 Å². The van der Waals surface area contributed by atoms with Gasteiger partial charge in [-0.2, -0.15) is 0 Å². The molecule has 1 atom stereocenters. The number of rotatable bonds is 4. The van der Waals surface area contributed by atoms with Crippen molar-refractivity contribution in [2.75, 3.05) is 19.6 Å². The van der Waals surface area contributed by atoms with Gasteiger partial charge in [-0.1, -0.05) is 13.3 Å². The maximum absolute atomic E-state index is 11.6. The topological polar surface area (TPSA) is 41.1 Å². The van der Waals surface area contributed by atoms with Crippen molar-refractivity contribution in [1.82, 2.24) is 10.6 Å². The fourth-order valence-electron chi connectivity index (χ4n) is 1.56. The van der Waals surface area contributed by atoms with E-state index in [-0.39, 0.29) is 6.04 Å².